The van der Waals surface area contributed by atoms with Crippen LogP contribution in [-0.2, 0) is 0 Å². The minimum atomic E-state index is -1.38. The predicted molar refractivity (Wildman–Crippen MR) is 83.0 cm³/mol. The van der Waals surface area contributed by atoms with Crippen molar-refractivity contribution in [1.82, 2.24) is 5.32 Å². The van der Waals surface area contributed by atoms with Gasteiger partial charge in [-0.1, -0.05) is 36.4 Å². The molecular formula is C17H17N5. The largest absolute Gasteiger partial charge is 0.399 e. The molecule has 0 aromatic heterocycles. The van der Waals surface area contributed by atoms with E-state index in [-0.39, 0.29) is 17.5 Å². The maximum atomic E-state index is 9.72. The van der Waals surface area contributed by atoms with Gasteiger partial charge < -0.3 is 16.8 Å². The summed E-state index contributed by atoms with van der Waals surface area (Å²) in [5.74, 6) is -0.322. The van der Waals surface area contributed by atoms with E-state index in [0.717, 1.165) is 11.1 Å². The molecule has 22 heavy (non-hydrogen) atoms. The smallest absolute Gasteiger partial charge is 0.152 e. The summed E-state index contributed by atoms with van der Waals surface area (Å²) in [4.78, 5) is 0. The molecule has 3 atom stereocenters. The second-order valence-corrected chi connectivity index (χ2v) is 5.69. The Morgan fingerprint density at radius 1 is 1.23 bits per heavy atom. The quantitative estimate of drug-likeness (QED) is 0.711. The third kappa shape index (κ3) is 1.92. The van der Waals surface area contributed by atoms with E-state index in [1.54, 1.807) is 0 Å². The van der Waals surface area contributed by atoms with Crippen LogP contribution >= 0.6 is 0 Å². The molecule has 1 aromatic carbocycles. The monoisotopic (exact) mass is 291 g/mol. The van der Waals surface area contributed by atoms with Crippen molar-refractivity contribution < 1.29 is 0 Å². The average Bonchev–Trinajstić information content (AvgIpc) is 2.57. The van der Waals surface area contributed by atoms with Crippen LogP contribution in [0.4, 0.5) is 0 Å². The van der Waals surface area contributed by atoms with Crippen LogP contribution in [0.1, 0.15) is 11.5 Å². The highest BCUT2D eigenvalue weighted by Gasteiger charge is 2.50. The third-order valence-electron chi connectivity index (χ3n) is 4.58. The van der Waals surface area contributed by atoms with Gasteiger partial charge in [0.25, 0.3) is 0 Å². The van der Waals surface area contributed by atoms with Crippen molar-refractivity contribution in [1.29, 1.82) is 10.5 Å². The van der Waals surface area contributed by atoms with Crippen molar-refractivity contribution in [2.45, 2.75) is 11.5 Å². The Hall–Kier alpha value is -2.60. The Bertz CT molecular complexity index is 735. The predicted octanol–water partition coefficient (Wildman–Crippen LogP) is 0.887. The zero-order valence-electron chi connectivity index (χ0n) is 12.1. The van der Waals surface area contributed by atoms with Gasteiger partial charge in [0.15, 0.2) is 5.54 Å². The summed E-state index contributed by atoms with van der Waals surface area (Å²) in [6.45, 7) is 1.36. The van der Waals surface area contributed by atoms with Crippen LogP contribution in [0, 0.1) is 28.6 Å². The molecule has 0 bridgehead atoms. The van der Waals surface area contributed by atoms with Crippen molar-refractivity contribution in [2.75, 3.05) is 13.1 Å². The van der Waals surface area contributed by atoms with Gasteiger partial charge in [-0.25, -0.2) is 0 Å². The number of nitrogens with zero attached hydrogens (tertiary/aromatic N) is 2. The molecule has 1 heterocycles. The lowest BCUT2D eigenvalue weighted by Crippen LogP contribution is -2.57. The van der Waals surface area contributed by atoms with Crippen molar-refractivity contribution >= 4 is 0 Å². The number of hydrogen-bond donors (Lipinski definition) is 3. The Balaban J connectivity index is 2.27. The molecule has 3 rings (SSSR count). The van der Waals surface area contributed by atoms with Gasteiger partial charge in [0.1, 0.15) is 6.07 Å². The molecule has 5 N–H and O–H groups in total. The molecule has 0 saturated carbocycles. The summed E-state index contributed by atoms with van der Waals surface area (Å²) < 4.78 is 0. The summed E-state index contributed by atoms with van der Waals surface area (Å²) in [7, 11) is 0. The highest BCUT2D eigenvalue weighted by atomic mass is 14.9. The number of rotatable bonds is 1. The summed E-state index contributed by atoms with van der Waals surface area (Å²) in [6, 6.07) is 14.0. The molecule has 0 fully saturated rings. The number of nitrogens with one attached hydrogen (secondary N) is 1. The summed E-state index contributed by atoms with van der Waals surface area (Å²) in [5, 5.41) is 22.5. The first kappa shape index (κ1) is 14.3. The topological polar surface area (TPSA) is 112 Å². The van der Waals surface area contributed by atoms with Crippen molar-refractivity contribution in [3.05, 3.63) is 58.8 Å². The SMILES string of the molecule is N#CC1=C(N)C(N)(C#N)C(c2ccccc2)C2CNCC=C12. The van der Waals surface area contributed by atoms with Crippen LogP contribution in [0.25, 0.3) is 0 Å². The van der Waals surface area contributed by atoms with Gasteiger partial charge >= 0.3 is 0 Å². The Kier molecular flexibility index (Phi) is 3.46. The van der Waals surface area contributed by atoms with Crippen LogP contribution in [-0.4, -0.2) is 18.6 Å². The molecule has 2 aliphatic rings. The maximum Gasteiger partial charge on any atom is 0.152 e. The lowest BCUT2D eigenvalue weighted by Gasteiger charge is -2.44. The van der Waals surface area contributed by atoms with Crippen molar-refractivity contribution in [3.63, 3.8) is 0 Å². The molecule has 0 amide bonds. The van der Waals surface area contributed by atoms with E-state index in [2.05, 4.69) is 17.5 Å². The lowest BCUT2D eigenvalue weighted by atomic mass is 9.62. The second kappa shape index (κ2) is 5.31. The van der Waals surface area contributed by atoms with Gasteiger partial charge in [0.2, 0.25) is 0 Å². The second-order valence-electron chi connectivity index (χ2n) is 5.69. The maximum absolute atomic E-state index is 9.72. The highest BCUT2D eigenvalue weighted by Crippen LogP contribution is 2.47. The van der Waals surface area contributed by atoms with Crippen LogP contribution < -0.4 is 16.8 Å². The minimum absolute atomic E-state index is 0.0391. The van der Waals surface area contributed by atoms with Crippen LogP contribution in [0.5, 0.6) is 0 Å². The molecule has 0 spiro atoms. The summed E-state index contributed by atoms with van der Waals surface area (Å²) in [5.41, 5.74) is 13.6. The number of nitrogens with two attached hydrogens (primary N) is 2. The number of hydrogen-bond acceptors (Lipinski definition) is 5. The van der Waals surface area contributed by atoms with Crippen LogP contribution in [0.15, 0.2) is 53.3 Å². The molecule has 5 nitrogen and oxygen atoms in total. The first-order chi connectivity index (χ1) is 10.6. The first-order valence-corrected chi connectivity index (χ1v) is 7.20. The Labute approximate surface area is 129 Å². The normalized spacial score (nSPS) is 30.8. The van der Waals surface area contributed by atoms with E-state index in [4.69, 9.17) is 11.5 Å². The molecule has 0 saturated heterocycles. The zero-order valence-corrected chi connectivity index (χ0v) is 12.1. The molecule has 110 valence electrons. The highest BCUT2D eigenvalue weighted by molar-refractivity contribution is 5.59. The fraction of sp³-hybridized carbons (Fsp3) is 0.294. The van der Waals surface area contributed by atoms with Crippen LogP contribution in [0.2, 0.25) is 0 Å². The number of allylic oxidation sites excluding steroid dienone is 1. The molecule has 0 radical (unpaired) electrons. The standard InChI is InChI=1S/C17H17N5/c18-8-13-12-6-7-22-9-14(12)15(11-4-2-1-3-5-11)17(21,10-19)16(13)20/h1-6,14-15,22H,7,9,20-21H2. The van der Waals surface area contributed by atoms with E-state index in [9.17, 15) is 10.5 Å². The molecule has 1 aliphatic heterocycles. The van der Waals surface area contributed by atoms with Crippen molar-refractivity contribution in [3.8, 4) is 12.1 Å². The van der Waals surface area contributed by atoms with Crippen LogP contribution in [0.3, 0.4) is 0 Å². The van der Waals surface area contributed by atoms with E-state index in [1.165, 1.54) is 0 Å². The van der Waals surface area contributed by atoms with Gasteiger partial charge in [-0.3, -0.25) is 0 Å². The van der Waals surface area contributed by atoms with E-state index < -0.39 is 5.54 Å². The van der Waals surface area contributed by atoms with Crippen molar-refractivity contribution in [2.24, 2.45) is 17.4 Å². The number of fused-ring (bicyclic) bond motifs is 1. The van der Waals surface area contributed by atoms with E-state index >= 15 is 0 Å². The molecular weight excluding hydrogens is 274 g/mol. The summed E-state index contributed by atoms with van der Waals surface area (Å²) >= 11 is 0. The van der Waals surface area contributed by atoms with E-state index in [0.29, 0.717) is 18.7 Å². The zero-order chi connectivity index (χ0) is 15.7. The van der Waals surface area contributed by atoms with E-state index in [1.807, 2.05) is 36.4 Å². The molecule has 3 unspecified atom stereocenters. The minimum Gasteiger partial charge on any atom is -0.399 e. The van der Waals surface area contributed by atoms with Gasteiger partial charge in [0.05, 0.1) is 17.3 Å². The van der Waals surface area contributed by atoms with Gasteiger partial charge in [-0.05, 0) is 11.1 Å². The first-order valence-electron chi connectivity index (χ1n) is 7.20. The molecule has 5 heteroatoms. The lowest BCUT2D eigenvalue weighted by molar-refractivity contribution is 0.344. The van der Waals surface area contributed by atoms with Gasteiger partial charge in [-0.15, -0.1) is 0 Å². The number of benzene rings is 1. The molecule has 1 aromatic rings. The fourth-order valence-electron chi connectivity index (χ4n) is 3.52. The summed E-state index contributed by atoms with van der Waals surface area (Å²) in [6.07, 6.45) is 1.98. The van der Waals surface area contributed by atoms with Gasteiger partial charge in [-0.2, -0.15) is 10.5 Å². The fourth-order valence-corrected chi connectivity index (χ4v) is 3.52. The average molecular weight is 291 g/mol. The Morgan fingerprint density at radius 2 is 1.95 bits per heavy atom. The third-order valence-corrected chi connectivity index (χ3v) is 4.58. The number of nitriles is 2. The molecule has 1 aliphatic carbocycles. The Morgan fingerprint density at radius 3 is 2.59 bits per heavy atom. The van der Waals surface area contributed by atoms with Gasteiger partial charge in [0, 0.05) is 24.9 Å².